The number of imidazole rings is 1. The van der Waals surface area contributed by atoms with E-state index in [1.54, 1.807) is 16.7 Å². The molecular weight excluding hydrogens is 474 g/mol. The van der Waals surface area contributed by atoms with Gasteiger partial charge in [0.05, 0.1) is 11.1 Å². The lowest BCUT2D eigenvalue weighted by Crippen LogP contribution is -2.22. The first kappa shape index (κ1) is 25.6. The number of pyridine rings is 1. The predicted octanol–water partition coefficient (Wildman–Crippen LogP) is 5.05. The van der Waals surface area contributed by atoms with Crippen LogP contribution < -0.4 is 0 Å². The van der Waals surface area contributed by atoms with Crippen LogP contribution in [0.5, 0.6) is 0 Å². The Morgan fingerprint density at radius 3 is 2.69 bits per heavy atom. The van der Waals surface area contributed by atoms with Crippen molar-refractivity contribution >= 4 is 36.2 Å². The molecule has 0 aliphatic carbocycles. The number of hydrogen-bond acceptors (Lipinski definition) is 6. The number of rotatable bonds is 8. The van der Waals surface area contributed by atoms with E-state index in [1.165, 1.54) is 17.0 Å². The number of aliphatic hydroxyl groups excluding tert-OH is 1. The minimum atomic E-state index is -1.29. The third-order valence-corrected chi connectivity index (χ3v) is 8.06. The number of nitrogens with zero attached hydrogens (tertiary/aromatic N) is 5. The van der Waals surface area contributed by atoms with Crippen LogP contribution in [-0.2, 0) is 17.9 Å². The summed E-state index contributed by atoms with van der Waals surface area (Å²) in [6.07, 6.45) is 1.37. The van der Waals surface area contributed by atoms with Crippen molar-refractivity contribution < 1.29 is 19.7 Å². The topological polar surface area (TPSA) is 126 Å². The van der Waals surface area contributed by atoms with Gasteiger partial charge in [0.2, 0.25) is 0 Å². The quantitative estimate of drug-likeness (QED) is 0.253. The maximum Gasteiger partial charge on any atom is 0.416 e. The van der Waals surface area contributed by atoms with Crippen molar-refractivity contribution in [3.63, 3.8) is 0 Å². The number of carboxylic acid groups (broad SMARTS) is 1. The molecule has 0 amide bonds. The summed E-state index contributed by atoms with van der Waals surface area (Å²) in [7, 11) is -1.29. The number of nitriles is 1. The van der Waals surface area contributed by atoms with E-state index in [9.17, 15) is 20.3 Å². The standard InChI is InChI=1S/C26H31N5O4Si/c1-6-18-11-16(2)22-19(7-8-30(22)26(33)34)21(18)23(32)25-29-20-12-17(13-27)14-28-24(20)31(25)15-35-9-10-36(3,4)5/h7-8,11-12,14,23,32H,6,9-10,15H2,1-5H3,(H,33,34). The molecule has 0 aliphatic heterocycles. The number of hydrogen-bond donors (Lipinski definition) is 2. The SMILES string of the molecule is CCc1cc(C)c2c(ccn2C(=O)O)c1C(O)c1nc2cc(C#N)cnc2n1COCC[Si](C)(C)C. The van der Waals surface area contributed by atoms with Crippen LogP contribution in [0.25, 0.3) is 22.1 Å². The summed E-state index contributed by atoms with van der Waals surface area (Å²) >= 11 is 0. The third kappa shape index (κ3) is 4.77. The van der Waals surface area contributed by atoms with Crippen molar-refractivity contribution in [3.05, 3.63) is 58.7 Å². The molecule has 10 heteroatoms. The molecule has 3 aromatic heterocycles. The average Bonchev–Trinajstić information content (AvgIpc) is 3.42. The molecule has 0 saturated heterocycles. The first-order valence-corrected chi connectivity index (χ1v) is 15.6. The van der Waals surface area contributed by atoms with Crippen LogP contribution in [-0.4, -0.2) is 50.1 Å². The van der Waals surface area contributed by atoms with Crippen molar-refractivity contribution in [2.75, 3.05) is 6.61 Å². The monoisotopic (exact) mass is 505 g/mol. The van der Waals surface area contributed by atoms with Crippen molar-refractivity contribution in [3.8, 4) is 6.07 Å². The average molecular weight is 506 g/mol. The molecule has 0 bridgehead atoms. The zero-order chi connectivity index (χ0) is 26.2. The molecule has 1 unspecified atom stereocenters. The summed E-state index contributed by atoms with van der Waals surface area (Å²) in [5.74, 6) is 0.337. The maximum atomic E-state index is 11.8. The van der Waals surface area contributed by atoms with E-state index in [4.69, 9.17) is 4.74 Å². The smallest absolute Gasteiger partial charge is 0.416 e. The Hall–Kier alpha value is -3.52. The molecule has 188 valence electrons. The molecule has 3 heterocycles. The Balaban J connectivity index is 1.86. The van der Waals surface area contributed by atoms with Crippen LogP contribution in [0.1, 0.15) is 41.1 Å². The van der Waals surface area contributed by atoms with Gasteiger partial charge in [0, 0.05) is 38.0 Å². The Morgan fingerprint density at radius 2 is 2.06 bits per heavy atom. The van der Waals surface area contributed by atoms with Gasteiger partial charge in [-0.1, -0.05) is 32.6 Å². The molecule has 0 fully saturated rings. The summed E-state index contributed by atoms with van der Waals surface area (Å²) in [6.45, 7) is 11.4. The number of aromatic nitrogens is 4. The van der Waals surface area contributed by atoms with Crippen molar-refractivity contribution in [2.24, 2.45) is 0 Å². The molecule has 9 nitrogen and oxygen atoms in total. The number of carbonyl (C=O) groups is 1. The highest BCUT2D eigenvalue weighted by Gasteiger charge is 2.27. The van der Waals surface area contributed by atoms with Gasteiger partial charge in [-0.3, -0.25) is 9.13 Å². The Kier molecular flexibility index (Phi) is 7.00. The zero-order valence-corrected chi connectivity index (χ0v) is 22.2. The summed E-state index contributed by atoms with van der Waals surface area (Å²) in [4.78, 5) is 20.9. The van der Waals surface area contributed by atoms with Crippen molar-refractivity contribution in [1.29, 1.82) is 5.26 Å². The Bertz CT molecular complexity index is 1490. The third-order valence-electron chi connectivity index (χ3n) is 6.35. The molecule has 4 rings (SSSR count). The van der Waals surface area contributed by atoms with E-state index in [0.717, 1.165) is 17.2 Å². The summed E-state index contributed by atoms with van der Waals surface area (Å²) in [6, 6.07) is 8.35. The van der Waals surface area contributed by atoms with Gasteiger partial charge < -0.3 is 14.9 Å². The van der Waals surface area contributed by atoms with E-state index in [0.29, 0.717) is 52.0 Å². The number of aryl methyl sites for hydroxylation is 2. The summed E-state index contributed by atoms with van der Waals surface area (Å²) in [5, 5.41) is 31.4. The fourth-order valence-corrected chi connectivity index (χ4v) is 5.25. The van der Waals surface area contributed by atoms with Crippen molar-refractivity contribution in [2.45, 2.75) is 58.8 Å². The van der Waals surface area contributed by atoms with Gasteiger partial charge in [-0.15, -0.1) is 0 Å². The van der Waals surface area contributed by atoms with E-state index < -0.39 is 20.3 Å². The highest BCUT2D eigenvalue weighted by atomic mass is 28.3. The van der Waals surface area contributed by atoms with Gasteiger partial charge in [-0.25, -0.2) is 14.8 Å². The van der Waals surface area contributed by atoms with Crippen LogP contribution in [0.2, 0.25) is 25.7 Å². The highest BCUT2D eigenvalue weighted by molar-refractivity contribution is 6.76. The second kappa shape index (κ2) is 9.85. The molecule has 36 heavy (non-hydrogen) atoms. The highest BCUT2D eigenvalue weighted by Crippen LogP contribution is 2.36. The van der Waals surface area contributed by atoms with Gasteiger partial charge in [0.1, 0.15) is 30.2 Å². The fourth-order valence-electron chi connectivity index (χ4n) is 4.50. The van der Waals surface area contributed by atoms with E-state index in [2.05, 4.69) is 35.7 Å². The molecule has 0 aliphatic rings. The second-order valence-electron chi connectivity index (χ2n) is 10.2. The second-order valence-corrected chi connectivity index (χ2v) is 15.8. The lowest BCUT2D eigenvalue weighted by molar-refractivity contribution is 0.0811. The fraction of sp³-hybridized carbons (Fsp3) is 0.385. The molecule has 1 aromatic carbocycles. The van der Waals surface area contributed by atoms with Crippen LogP contribution in [0, 0.1) is 18.3 Å². The van der Waals surface area contributed by atoms with Crippen LogP contribution in [0.3, 0.4) is 0 Å². The minimum Gasteiger partial charge on any atom is -0.464 e. The van der Waals surface area contributed by atoms with Gasteiger partial charge in [0.25, 0.3) is 0 Å². The lowest BCUT2D eigenvalue weighted by atomic mass is 9.93. The van der Waals surface area contributed by atoms with E-state index in [1.807, 2.05) is 19.9 Å². The van der Waals surface area contributed by atoms with E-state index >= 15 is 0 Å². The van der Waals surface area contributed by atoms with Crippen molar-refractivity contribution in [1.82, 2.24) is 19.1 Å². The van der Waals surface area contributed by atoms with Gasteiger partial charge in [-0.05, 0) is 42.6 Å². The first-order valence-electron chi connectivity index (χ1n) is 11.9. The van der Waals surface area contributed by atoms with Gasteiger partial charge in [0.15, 0.2) is 5.65 Å². The summed E-state index contributed by atoms with van der Waals surface area (Å²) in [5.41, 5.74) is 4.23. The van der Waals surface area contributed by atoms with E-state index in [-0.39, 0.29) is 6.73 Å². The van der Waals surface area contributed by atoms with Crippen LogP contribution in [0.15, 0.2) is 30.6 Å². The number of fused-ring (bicyclic) bond motifs is 2. The Labute approximate surface area is 210 Å². The van der Waals surface area contributed by atoms with Gasteiger partial charge >= 0.3 is 6.09 Å². The molecule has 2 N–H and O–H groups in total. The first-order chi connectivity index (χ1) is 17.1. The normalized spacial score (nSPS) is 12.8. The minimum absolute atomic E-state index is 0.152. The number of aliphatic hydroxyl groups is 1. The molecule has 1 atom stereocenters. The number of ether oxygens (including phenoxy) is 1. The summed E-state index contributed by atoms with van der Waals surface area (Å²) < 4.78 is 8.91. The lowest BCUT2D eigenvalue weighted by Gasteiger charge is -2.20. The van der Waals surface area contributed by atoms with Crippen LogP contribution >= 0.6 is 0 Å². The number of benzene rings is 1. The largest absolute Gasteiger partial charge is 0.464 e. The van der Waals surface area contributed by atoms with Gasteiger partial charge in [-0.2, -0.15) is 5.26 Å². The molecule has 0 saturated carbocycles. The van der Waals surface area contributed by atoms with Crippen LogP contribution in [0.4, 0.5) is 4.79 Å². The molecule has 0 spiro atoms. The predicted molar refractivity (Wildman–Crippen MR) is 140 cm³/mol. The molecular formula is C26H31N5O4Si. The molecule has 4 aromatic rings. The maximum absolute atomic E-state index is 11.8. The zero-order valence-electron chi connectivity index (χ0n) is 21.2. The Morgan fingerprint density at radius 1 is 1.31 bits per heavy atom. The molecule has 0 radical (unpaired) electrons.